The quantitative estimate of drug-likeness (QED) is 0.297. The number of carbonyl (C=O) groups is 1. The summed E-state index contributed by atoms with van der Waals surface area (Å²) in [7, 11) is -0.928. The summed E-state index contributed by atoms with van der Waals surface area (Å²) in [6.07, 6.45) is 1.66. The fourth-order valence-corrected chi connectivity index (χ4v) is 4.93. The molecule has 1 aliphatic heterocycles. The predicted octanol–water partition coefficient (Wildman–Crippen LogP) is 3.87. The fourth-order valence-electron chi connectivity index (χ4n) is 3.95. The van der Waals surface area contributed by atoms with E-state index >= 15 is 0 Å². The van der Waals surface area contributed by atoms with Crippen LogP contribution in [-0.2, 0) is 10.0 Å². The number of carbonyl (C=O) groups excluding carboxylic acids is 1. The molecule has 0 saturated carbocycles. The molecule has 0 spiro atoms. The van der Waals surface area contributed by atoms with Gasteiger partial charge in [-0.15, -0.1) is 11.8 Å². The Hall–Kier alpha value is -4.09. The van der Waals surface area contributed by atoms with Crippen molar-refractivity contribution in [2.45, 2.75) is 24.2 Å². The minimum Gasteiger partial charge on any atom is -0.497 e. The number of hydrogen-bond donors (Lipinski definition) is 3. The van der Waals surface area contributed by atoms with Gasteiger partial charge in [-0.1, -0.05) is 0 Å². The number of thioether (sulfide) groups is 1. The number of anilines is 3. The van der Waals surface area contributed by atoms with Crippen LogP contribution in [0.15, 0.2) is 53.5 Å². The van der Waals surface area contributed by atoms with Gasteiger partial charge in [-0.3, -0.25) is 9.80 Å². The van der Waals surface area contributed by atoms with Gasteiger partial charge in [-0.25, -0.2) is 28.5 Å². The van der Waals surface area contributed by atoms with E-state index in [0.29, 0.717) is 17.2 Å². The average molecular weight is 626 g/mol. The summed E-state index contributed by atoms with van der Waals surface area (Å²) in [5.74, 6) is 0.0634. The first-order chi connectivity index (χ1) is 19.7. The number of benzene rings is 1. The van der Waals surface area contributed by atoms with Crippen LogP contribution in [0.25, 0.3) is 11.1 Å². The SMILES string of the molecule is COc1cc(Nc2ncc(-c3cnc(SC)c(C(=O)NS(C)(=O)=O)c3)c(N3NC(C(F)(F)F)C=C3C)n2)cc(OC)c1. The summed E-state index contributed by atoms with van der Waals surface area (Å²) in [6, 6.07) is 4.35. The van der Waals surface area contributed by atoms with Gasteiger partial charge >= 0.3 is 6.18 Å². The van der Waals surface area contributed by atoms with Crippen molar-refractivity contribution in [1.82, 2.24) is 25.1 Å². The summed E-state index contributed by atoms with van der Waals surface area (Å²) in [5.41, 5.74) is 3.48. The van der Waals surface area contributed by atoms with E-state index in [4.69, 9.17) is 9.47 Å². The molecule has 1 unspecified atom stereocenters. The number of sulfonamides is 1. The summed E-state index contributed by atoms with van der Waals surface area (Å²) in [4.78, 5) is 25.9. The third-order valence-electron chi connectivity index (χ3n) is 5.85. The largest absolute Gasteiger partial charge is 0.497 e. The smallest absolute Gasteiger partial charge is 0.409 e. The maximum absolute atomic E-state index is 13.6. The number of hydrazine groups is 1. The predicted molar refractivity (Wildman–Crippen MR) is 151 cm³/mol. The number of nitrogens with zero attached hydrogens (tertiary/aromatic N) is 4. The van der Waals surface area contributed by atoms with E-state index in [1.807, 2.05) is 4.72 Å². The van der Waals surface area contributed by atoms with Crippen molar-refractivity contribution in [3.8, 4) is 22.6 Å². The summed E-state index contributed by atoms with van der Waals surface area (Å²) in [5, 5.41) is 4.39. The molecular weight excluding hydrogens is 599 g/mol. The van der Waals surface area contributed by atoms with Crippen LogP contribution in [0.4, 0.5) is 30.6 Å². The lowest BCUT2D eigenvalue weighted by atomic mass is 10.1. The number of pyridine rings is 1. The number of allylic oxidation sites excluding steroid dienone is 1. The third kappa shape index (κ3) is 7.03. The Morgan fingerprint density at radius 1 is 1.10 bits per heavy atom. The van der Waals surface area contributed by atoms with Crippen LogP contribution >= 0.6 is 11.8 Å². The summed E-state index contributed by atoms with van der Waals surface area (Å²) < 4.78 is 76.7. The van der Waals surface area contributed by atoms with Crippen LogP contribution in [0.5, 0.6) is 11.5 Å². The van der Waals surface area contributed by atoms with Gasteiger partial charge < -0.3 is 14.8 Å². The van der Waals surface area contributed by atoms with Crippen LogP contribution in [0.1, 0.15) is 17.3 Å². The molecule has 1 aromatic carbocycles. The standard InChI is InChI=1S/C25H26F3N7O5S2/c1-13-6-20(25(26,27)28)33-35(13)21-19(14-7-18(23(41-4)29-11-14)22(36)34-42(5,37)38)12-30-24(32-21)31-15-8-16(39-2)10-17(9-15)40-3/h6-12,20,33H,1-5H3,(H,34,36)(H,30,31,32). The average Bonchev–Trinajstić information content (AvgIpc) is 3.33. The first kappa shape index (κ1) is 30.9. The molecule has 224 valence electrons. The zero-order valence-corrected chi connectivity index (χ0v) is 24.5. The number of nitrogens with one attached hydrogen (secondary N) is 3. The normalized spacial score (nSPS) is 15.3. The number of halogens is 3. The highest BCUT2D eigenvalue weighted by Crippen LogP contribution is 2.37. The molecule has 0 bridgehead atoms. The number of ether oxygens (including phenoxy) is 2. The second kappa shape index (κ2) is 12.0. The molecule has 0 aliphatic carbocycles. The van der Waals surface area contributed by atoms with Crippen molar-refractivity contribution in [1.29, 1.82) is 0 Å². The number of methoxy groups -OCH3 is 2. The van der Waals surface area contributed by atoms with E-state index in [1.165, 1.54) is 39.6 Å². The molecule has 1 amide bonds. The van der Waals surface area contributed by atoms with Gasteiger partial charge in [0.2, 0.25) is 16.0 Å². The zero-order valence-electron chi connectivity index (χ0n) is 22.9. The Balaban J connectivity index is 1.83. The van der Waals surface area contributed by atoms with Crippen molar-refractivity contribution >= 4 is 45.1 Å². The molecule has 1 aliphatic rings. The Kier molecular flexibility index (Phi) is 8.84. The zero-order chi connectivity index (χ0) is 30.8. The van der Waals surface area contributed by atoms with Crippen molar-refractivity contribution < 1.29 is 35.9 Å². The Morgan fingerprint density at radius 2 is 1.76 bits per heavy atom. The topological polar surface area (TPSA) is 148 Å². The monoisotopic (exact) mass is 625 g/mol. The Morgan fingerprint density at radius 3 is 2.31 bits per heavy atom. The van der Waals surface area contributed by atoms with Crippen LogP contribution in [0.2, 0.25) is 0 Å². The highest BCUT2D eigenvalue weighted by Gasteiger charge is 2.43. The van der Waals surface area contributed by atoms with Crippen LogP contribution < -0.4 is 29.9 Å². The highest BCUT2D eigenvalue weighted by molar-refractivity contribution is 7.98. The maximum atomic E-state index is 13.6. The molecule has 17 heteroatoms. The fraction of sp³-hybridized carbons (Fsp3) is 0.280. The van der Waals surface area contributed by atoms with Crippen molar-refractivity contribution in [3.05, 3.63) is 54.0 Å². The Labute approximate surface area is 243 Å². The van der Waals surface area contributed by atoms with E-state index in [9.17, 15) is 26.4 Å². The van der Waals surface area contributed by atoms with E-state index in [0.717, 1.165) is 29.1 Å². The van der Waals surface area contributed by atoms with E-state index in [2.05, 4.69) is 25.7 Å². The number of amides is 1. The minimum atomic E-state index is -4.58. The van der Waals surface area contributed by atoms with Crippen molar-refractivity contribution in [2.24, 2.45) is 0 Å². The molecule has 12 nitrogen and oxygen atoms in total. The van der Waals surface area contributed by atoms with Gasteiger partial charge in [0.1, 0.15) is 22.6 Å². The van der Waals surface area contributed by atoms with Crippen molar-refractivity contribution in [3.63, 3.8) is 0 Å². The molecule has 3 N–H and O–H groups in total. The lowest BCUT2D eigenvalue weighted by molar-refractivity contribution is -0.142. The lowest BCUT2D eigenvalue weighted by Crippen LogP contribution is -2.45. The van der Waals surface area contributed by atoms with Crippen molar-refractivity contribution in [2.75, 3.05) is 37.1 Å². The molecule has 4 rings (SSSR count). The van der Waals surface area contributed by atoms with Gasteiger partial charge in [0.15, 0.2) is 5.82 Å². The first-order valence-corrected chi connectivity index (χ1v) is 15.1. The Bertz CT molecular complexity index is 1630. The summed E-state index contributed by atoms with van der Waals surface area (Å²) in [6.45, 7) is 1.48. The van der Waals surface area contributed by atoms with Gasteiger partial charge in [0, 0.05) is 53.1 Å². The number of aromatic nitrogens is 3. The number of hydrogen-bond acceptors (Lipinski definition) is 12. The minimum absolute atomic E-state index is 0.0102. The molecule has 0 radical (unpaired) electrons. The third-order valence-corrected chi connectivity index (χ3v) is 7.12. The molecule has 0 fully saturated rings. The van der Waals surface area contributed by atoms with Crippen LogP contribution in [0.3, 0.4) is 0 Å². The molecule has 0 saturated heterocycles. The van der Waals surface area contributed by atoms with Gasteiger partial charge in [-0.2, -0.15) is 18.2 Å². The number of rotatable bonds is 9. The van der Waals surface area contributed by atoms with Gasteiger partial charge in [-0.05, 0) is 25.3 Å². The highest BCUT2D eigenvalue weighted by atomic mass is 32.2. The molecule has 2 aromatic heterocycles. The first-order valence-electron chi connectivity index (χ1n) is 12.0. The molecule has 3 heterocycles. The van der Waals surface area contributed by atoms with Gasteiger partial charge in [0.05, 0.1) is 26.0 Å². The lowest BCUT2D eigenvalue weighted by Gasteiger charge is -2.25. The van der Waals surface area contributed by atoms with E-state index in [-0.39, 0.29) is 39.2 Å². The molecule has 1 atom stereocenters. The molecule has 42 heavy (non-hydrogen) atoms. The number of alkyl halides is 3. The van der Waals surface area contributed by atoms with Crippen LogP contribution in [0, 0.1) is 0 Å². The summed E-state index contributed by atoms with van der Waals surface area (Å²) >= 11 is 1.11. The molecular formula is C25H26F3N7O5S2. The van der Waals surface area contributed by atoms with Crippen LogP contribution in [-0.4, -0.2) is 68.2 Å². The van der Waals surface area contributed by atoms with E-state index < -0.39 is 28.1 Å². The molecule has 3 aromatic rings. The maximum Gasteiger partial charge on any atom is 0.409 e. The van der Waals surface area contributed by atoms with Gasteiger partial charge in [0.25, 0.3) is 5.91 Å². The second-order valence-electron chi connectivity index (χ2n) is 8.93. The second-order valence-corrected chi connectivity index (χ2v) is 11.5. The van der Waals surface area contributed by atoms with E-state index in [1.54, 1.807) is 24.5 Å².